The number of rotatable bonds is 7. The van der Waals surface area contributed by atoms with E-state index in [1.54, 1.807) is 0 Å². The Kier molecular flexibility index (Phi) is 5.04. The van der Waals surface area contributed by atoms with Gasteiger partial charge in [-0.15, -0.1) is 0 Å². The zero-order chi connectivity index (χ0) is 16.4. The quantitative estimate of drug-likeness (QED) is 0.715. The monoisotopic (exact) mass is 352 g/mol. The van der Waals surface area contributed by atoms with Gasteiger partial charge < -0.3 is 9.30 Å². The van der Waals surface area contributed by atoms with Crippen molar-refractivity contribution in [3.8, 4) is 5.75 Å². The van der Waals surface area contributed by atoms with E-state index in [0.29, 0.717) is 24.2 Å². The number of ether oxygens (including phenoxy) is 1. The molecule has 0 atom stereocenters. The summed E-state index contributed by atoms with van der Waals surface area (Å²) < 4.78 is 10.4. The highest BCUT2D eigenvalue weighted by atomic mass is 35.5. The molecule has 0 N–H and O–H groups in total. The number of hydrogen-bond acceptors (Lipinski definition) is 4. The Balaban J connectivity index is 1.52. The maximum absolute atomic E-state index is 5.94. The lowest BCUT2D eigenvalue weighted by Gasteiger charge is -2.16. The molecule has 0 unspecified atom stereocenters. The SMILES string of the molecule is CN(CCOc1cccc(Cl)c1)Cn1nc(C2CC2)n(C)c1=S. The van der Waals surface area contributed by atoms with E-state index in [-0.39, 0.29) is 0 Å². The Labute approximate surface area is 146 Å². The number of halogens is 1. The van der Waals surface area contributed by atoms with E-state index in [1.165, 1.54) is 12.8 Å². The van der Waals surface area contributed by atoms with Gasteiger partial charge in [0.25, 0.3) is 0 Å². The zero-order valence-electron chi connectivity index (χ0n) is 13.4. The van der Waals surface area contributed by atoms with Crippen LogP contribution >= 0.6 is 23.8 Å². The Bertz CT molecular complexity index is 738. The maximum Gasteiger partial charge on any atom is 0.198 e. The largest absolute Gasteiger partial charge is 0.492 e. The van der Waals surface area contributed by atoms with Crippen molar-refractivity contribution in [2.75, 3.05) is 20.2 Å². The van der Waals surface area contributed by atoms with E-state index in [0.717, 1.165) is 22.9 Å². The van der Waals surface area contributed by atoms with Crippen molar-refractivity contribution in [2.24, 2.45) is 7.05 Å². The minimum Gasteiger partial charge on any atom is -0.492 e. The first-order chi connectivity index (χ1) is 11.0. The van der Waals surface area contributed by atoms with Gasteiger partial charge in [-0.05, 0) is 50.3 Å². The van der Waals surface area contributed by atoms with E-state index < -0.39 is 0 Å². The van der Waals surface area contributed by atoms with Crippen molar-refractivity contribution in [2.45, 2.75) is 25.4 Å². The van der Waals surface area contributed by atoms with E-state index in [4.69, 9.17) is 28.6 Å². The molecule has 1 aliphatic rings. The average molecular weight is 353 g/mol. The Morgan fingerprint density at radius 2 is 2.22 bits per heavy atom. The van der Waals surface area contributed by atoms with Gasteiger partial charge >= 0.3 is 0 Å². The molecule has 7 heteroatoms. The van der Waals surface area contributed by atoms with Crippen molar-refractivity contribution in [3.05, 3.63) is 39.9 Å². The molecule has 0 amide bonds. The van der Waals surface area contributed by atoms with Crippen LogP contribution in [0.25, 0.3) is 0 Å². The van der Waals surface area contributed by atoms with Crippen LogP contribution in [0.3, 0.4) is 0 Å². The van der Waals surface area contributed by atoms with Gasteiger partial charge in [-0.1, -0.05) is 17.7 Å². The molecule has 1 saturated carbocycles. The summed E-state index contributed by atoms with van der Waals surface area (Å²) in [6, 6.07) is 7.44. The molecular weight excluding hydrogens is 332 g/mol. The Hall–Kier alpha value is -1.37. The van der Waals surface area contributed by atoms with Gasteiger partial charge in [0.15, 0.2) is 4.77 Å². The number of hydrogen-bond donors (Lipinski definition) is 0. The fourth-order valence-electron chi connectivity index (χ4n) is 2.47. The van der Waals surface area contributed by atoms with E-state index >= 15 is 0 Å². The van der Waals surface area contributed by atoms with Gasteiger partial charge in [-0.3, -0.25) is 4.90 Å². The summed E-state index contributed by atoms with van der Waals surface area (Å²) in [5.74, 6) is 2.49. The Morgan fingerprint density at radius 1 is 1.43 bits per heavy atom. The molecule has 1 heterocycles. The van der Waals surface area contributed by atoms with Gasteiger partial charge in [-0.25, -0.2) is 4.68 Å². The van der Waals surface area contributed by atoms with E-state index in [9.17, 15) is 0 Å². The first-order valence-corrected chi connectivity index (χ1v) is 8.54. The van der Waals surface area contributed by atoms with Gasteiger partial charge in [-0.2, -0.15) is 5.10 Å². The van der Waals surface area contributed by atoms with Crippen molar-refractivity contribution in [3.63, 3.8) is 0 Å². The number of likely N-dealkylation sites (N-methyl/N-ethyl adjacent to an activating group) is 1. The predicted molar refractivity (Wildman–Crippen MR) is 93.6 cm³/mol. The second kappa shape index (κ2) is 7.03. The van der Waals surface area contributed by atoms with Gasteiger partial charge in [0, 0.05) is 24.5 Å². The van der Waals surface area contributed by atoms with E-state index in [1.807, 2.05) is 47.6 Å². The van der Waals surface area contributed by atoms with Crippen LogP contribution in [0.4, 0.5) is 0 Å². The lowest BCUT2D eigenvalue weighted by molar-refractivity contribution is 0.197. The van der Waals surface area contributed by atoms with Crippen molar-refractivity contribution < 1.29 is 4.74 Å². The minimum atomic E-state index is 0.590. The molecule has 1 aromatic heterocycles. The topological polar surface area (TPSA) is 35.2 Å². The van der Waals surface area contributed by atoms with Crippen LogP contribution in [-0.4, -0.2) is 39.4 Å². The molecule has 23 heavy (non-hydrogen) atoms. The molecule has 0 saturated heterocycles. The van der Waals surface area contributed by atoms with Crippen molar-refractivity contribution in [1.82, 2.24) is 19.2 Å². The maximum atomic E-state index is 5.94. The van der Waals surface area contributed by atoms with Crippen molar-refractivity contribution in [1.29, 1.82) is 0 Å². The Morgan fingerprint density at radius 3 is 2.91 bits per heavy atom. The summed E-state index contributed by atoms with van der Waals surface area (Å²) in [7, 11) is 4.04. The molecule has 124 valence electrons. The van der Waals surface area contributed by atoms with Crippen LogP contribution in [-0.2, 0) is 13.7 Å². The molecule has 0 aliphatic heterocycles. The summed E-state index contributed by atoms with van der Waals surface area (Å²) in [6.45, 7) is 2.04. The van der Waals surface area contributed by atoms with Gasteiger partial charge in [0.05, 0.1) is 6.67 Å². The molecule has 0 spiro atoms. The lowest BCUT2D eigenvalue weighted by atomic mass is 10.3. The summed E-state index contributed by atoms with van der Waals surface area (Å²) in [4.78, 5) is 2.14. The number of aromatic nitrogens is 3. The van der Waals surface area contributed by atoms with Crippen LogP contribution in [0.5, 0.6) is 5.75 Å². The predicted octanol–water partition coefficient (Wildman–Crippen LogP) is 3.45. The second-order valence-electron chi connectivity index (χ2n) is 6.00. The van der Waals surface area contributed by atoms with Crippen molar-refractivity contribution >= 4 is 23.8 Å². The highest BCUT2D eigenvalue weighted by Crippen LogP contribution is 2.38. The van der Waals surface area contributed by atoms with E-state index in [2.05, 4.69) is 10.00 Å². The zero-order valence-corrected chi connectivity index (χ0v) is 15.0. The van der Waals surface area contributed by atoms with Crippen LogP contribution in [0.2, 0.25) is 5.02 Å². The highest BCUT2D eigenvalue weighted by Gasteiger charge is 2.29. The third-order valence-corrected chi connectivity index (χ3v) is 4.65. The summed E-state index contributed by atoms with van der Waals surface area (Å²) >= 11 is 11.4. The lowest BCUT2D eigenvalue weighted by Crippen LogP contribution is -2.27. The summed E-state index contributed by atoms with van der Waals surface area (Å²) in [5, 5.41) is 5.35. The molecule has 0 radical (unpaired) electrons. The summed E-state index contributed by atoms with van der Waals surface area (Å²) in [6.07, 6.45) is 2.45. The highest BCUT2D eigenvalue weighted by molar-refractivity contribution is 7.71. The van der Waals surface area contributed by atoms with Crippen LogP contribution in [0.1, 0.15) is 24.6 Å². The van der Waals surface area contributed by atoms with Gasteiger partial charge in [0.1, 0.15) is 18.2 Å². The van der Waals surface area contributed by atoms with Crippen LogP contribution in [0.15, 0.2) is 24.3 Å². The molecule has 1 fully saturated rings. The third kappa shape index (κ3) is 4.13. The molecule has 0 bridgehead atoms. The first kappa shape index (κ1) is 16.5. The van der Waals surface area contributed by atoms with Gasteiger partial charge in [0.2, 0.25) is 0 Å². The molecule has 3 rings (SSSR count). The fourth-order valence-corrected chi connectivity index (χ4v) is 2.84. The third-order valence-electron chi connectivity index (χ3n) is 3.93. The molecular formula is C16H21ClN4OS. The molecule has 1 aliphatic carbocycles. The molecule has 5 nitrogen and oxygen atoms in total. The number of nitrogens with zero attached hydrogens (tertiary/aromatic N) is 4. The minimum absolute atomic E-state index is 0.590. The fraction of sp³-hybridized carbons (Fsp3) is 0.500. The molecule has 1 aromatic carbocycles. The van der Waals surface area contributed by atoms with Crippen LogP contribution < -0.4 is 4.74 Å². The molecule has 2 aromatic rings. The van der Waals surface area contributed by atoms with Crippen LogP contribution in [0, 0.1) is 4.77 Å². The standard InChI is InChI=1S/C16H21ClN4OS/c1-19(8-9-22-14-5-3-4-13(17)10-14)11-21-16(23)20(2)15(18-21)12-6-7-12/h3-5,10,12H,6-9,11H2,1-2H3. The normalized spacial score (nSPS) is 14.4. The summed E-state index contributed by atoms with van der Waals surface area (Å²) in [5.41, 5.74) is 0. The second-order valence-corrected chi connectivity index (χ2v) is 6.80. The average Bonchev–Trinajstić information content (AvgIpc) is 3.31. The number of benzene rings is 1. The smallest absolute Gasteiger partial charge is 0.198 e. The first-order valence-electron chi connectivity index (χ1n) is 7.75.